The van der Waals surface area contributed by atoms with Gasteiger partial charge in [-0.1, -0.05) is 47.5 Å². The lowest BCUT2D eigenvalue weighted by Gasteiger charge is -2.25. The minimum Gasteiger partial charge on any atom is -0.259 e. The molecule has 0 bridgehead atoms. The molecule has 3 aromatic carbocycles. The molecule has 140 valence electrons. The van der Waals surface area contributed by atoms with E-state index in [1.807, 2.05) is 48.5 Å². The molecule has 0 saturated carbocycles. The monoisotopic (exact) mass is 410 g/mol. The first-order chi connectivity index (χ1) is 13.5. The van der Waals surface area contributed by atoms with E-state index in [0.29, 0.717) is 44.1 Å². The van der Waals surface area contributed by atoms with E-state index in [0.717, 1.165) is 0 Å². The van der Waals surface area contributed by atoms with E-state index in [9.17, 15) is 0 Å². The molecule has 4 rings (SSSR count). The maximum Gasteiger partial charge on any atom is 0.193 e. The Morgan fingerprint density at radius 2 is 1.04 bits per heavy atom. The second-order valence-electron chi connectivity index (χ2n) is 6.06. The highest BCUT2D eigenvalue weighted by Crippen LogP contribution is 2.34. The molecular formula is C20H16Cl2N6. The number of hydrogen-bond acceptors (Lipinski definition) is 6. The number of para-hydroxylation sites is 2. The number of nitrogens with two attached hydrogens (primary N) is 2. The predicted molar refractivity (Wildman–Crippen MR) is 115 cm³/mol. The zero-order valence-electron chi connectivity index (χ0n) is 14.6. The van der Waals surface area contributed by atoms with Gasteiger partial charge in [0.05, 0.1) is 22.4 Å². The van der Waals surface area contributed by atoms with Gasteiger partial charge in [0.2, 0.25) is 0 Å². The Hall–Kier alpha value is -2.90. The second-order valence-corrected chi connectivity index (χ2v) is 6.93. The van der Waals surface area contributed by atoms with E-state index in [-0.39, 0.29) is 0 Å². The van der Waals surface area contributed by atoms with Crippen LogP contribution in [0.4, 0.5) is 23.0 Å². The average Bonchev–Trinajstić information content (AvgIpc) is 2.71. The van der Waals surface area contributed by atoms with Crippen LogP contribution in [0.3, 0.4) is 0 Å². The molecule has 28 heavy (non-hydrogen) atoms. The minimum absolute atomic E-state index is 0.378. The number of rotatable bonds is 4. The van der Waals surface area contributed by atoms with Crippen LogP contribution in [0.25, 0.3) is 11.0 Å². The maximum atomic E-state index is 6.39. The van der Waals surface area contributed by atoms with E-state index >= 15 is 0 Å². The summed E-state index contributed by atoms with van der Waals surface area (Å²) in [4.78, 5) is 9.38. The van der Waals surface area contributed by atoms with Crippen molar-refractivity contribution >= 4 is 57.2 Å². The SMILES string of the molecule is NN(c1cccc(Cl)c1)c1nc2ccccc2nc1N(N)c1cccc(Cl)c1. The van der Waals surface area contributed by atoms with Gasteiger partial charge in [0, 0.05) is 10.0 Å². The molecule has 1 heterocycles. The van der Waals surface area contributed by atoms with Crippen LogP contribution in [0, 0.1) is 0 Å². The fourth-order valence-corrected chi connectivity index (χ4v) is 3.17. The number of benzene rings is 3. The van der Waals surface area contributed by atoms with Gasteiger partial charge >= 0.3 is 0 Å². The van der Waals surface area contributed by atoms with Crippen molar-refractivity contribution < 1.29 is 0 Å². The van der Waals surface area contributed by atoms with E-state index in [1.165, 1.54) is 10.0 Å². The van der Waals surface area contributed by atoms with Crippen molar-refractivity contribution in [2.75, 3.05) is 10.0 Å². The third-order valence-electron chi connectivity index (χ3n) is 4.16. The van der Waals surface area contributed by atoms with Gasteiger partial charge in [-0.15, -0.1) is 0 Å². The van der Waals surface area contributed by atoms with Crippen molar-refractivity contribution in [1.82, 2.24) is 9.97 Å². The number of hydrazine groups is 2. The first-order valence-electron chi connectivity index (χ1n) is 8.40. The first kappa shape index (κ1) is 18.5. The van der Waals surface area contributed by atoms with E-state index in [2.05, 4.69) is 0 Å². The zero-order valence-corrected chi connectivity index (χ0v) is 16.1. The van der Waals surface area contributed by atoms with Gasteiger partial charge in [-0.2, -0.15) is 0 Å². The third-order valence-corrected chi connectivity index (χ3v) is 4.63. The molecule has 6 nitrogen and oxygen atoms in total. The molecule has 0 amide bonds. The average molecular weight is 411 g/mol. The van der Waals surface area contributed by atoms with Crippen LogP contribution in [0.1, 0.15) is 0 Å². The molecule has 0 aliphatic heterocycles. The number of halogens is 2. The lowest BCUT2D eigenvalue weighted by Crippen LogP contribution is -2.32. The first-order valence-corrected chi connectivity index (χ1v) is 9.16. The Bertz CT molecular complexity index is 1060. The summed E-state index contributed by atoms with van der Waals surface area (Å²) in [7, 11) is 0. The summed E-state index contributed by atoms with van der Waals surface area (Å²) in [5, 5.41) is 3.93. The van der Waals surface area contributed by atoms with Gasteiger partial charge in [0.25, 0.3) is 0 Å². The Morgan fingerprint density at radius 1 is 0.607 bits per heavy atom. The Labute approximate surface area is 171 Å². The summed E-state index contributed by atoms with van der Waals surface area (Å²) >= 11 is 12.2. The van der Waals surface area contributed by atoms with Crippen LogP contribution in [0.5, 0.6) is 0 Å². The molecular weight excluding hydrogens is 395 g/mol. The topological polar surface area (TPSA) is 84.3 Å². The van der Waals surface area contributed by atoms with Crippen molar-refractivity contribution in [2.24, 2.45) is 11.7 Å². The van der Waals surface area contributed by atoms with Crippen LogP contribution in [-0.4, -0.2) is 9.97 Å². The van der Waals surface area contributed by atoms with Gasteiger partial charge in [-0.3, -0.25) is 10.0 Å². The highest BCUT2D eigenvalue weighted by atomic mass is 35.5. The fourth-order valence-electron chi connectivity index (χ4n) is 2.80. The number of hydrogen-bond donors (Lipinski definition) is 2. The number of fused-ring (bicyclic) bond motifs is 1. The molecule has 0 saturated heterocycles. The minimum atomic E-state index is 0.378. The van der Waals surface area contributed by atoms with Gasteiger partial charge in [-0.05, 0) is 48.5 Å². The second kappa shape index (κ2) is 7.61. The lowest BCUT2D eigenvalue weighted by molar-refractivity contribution is 0.981. The van der Waals surface area contributed by atoms with Gasteiger partial charge in [0.15, 0.2) is 11.6 Å². The standard InChI is InChI=1S/C20H16Cl2N6/c21-13-5-3-7-15(11-13)27(23)19-20(26-18-10-2-1-9-17(18)25-19)28(24)16-8-4-6-14(22)12-16/h1-12H,23-24H2. The van der Waals surface area contributed by atoms with Crippen molar-refractivity contribution in [3.05, 3.63) is 82.8 Å². The summed E-state index contributed by atoms with van der Waals surface area (Å²) in [6.07, 6.45) is 0. The fraction of sp³-hybridized carbons (Fsp3) is 0. The quantitative estimate of drug-likeness (QED) is 0.365. The number of nitrogens with zero attached hydrogens (tertiary/aromatic N) is 4. The van der Waals surface area contributed by atoms with Crippen molar-refractivity contribution in [2.45, 2.75) is 0 Å². The summed E-state index contributed by atoms with van der Waals surface area (Å²) in [6.45, 7) is 0. The Morgan fingerprint density at radius 3 is 1.43 bits per heavy atom. The van der Waals surface area contributed by atoms with Gasteiger partial charge in [0.1, 0.15) is 0 Å². The molecule has 4 aromatic rings. The molecule has 1 aromatic heterocycles. The Balaban J connectivity index is 1.89. The predicted octanol–water partition coefficient (Wildman–Crippen LogP) is 4.96. The third kappa shape index (κ3) is 3.58. The lowest BCUT2D eigenvalue weighted by atomic mass is 10.2. The highest BCUT2D eigenvalue weighted by Gasteiger charge is 2.20. The van der Waals surface area contributed by atoms with Crippen LogP contribution in [-0.2, 0) is 0 Å². The molecule has 0 aliphatic carbocycles. The molecule has 0 aliphatic rings. The van der Waals surface area contributed by atoms with Crippen LogP contribution >= 0.6 is 23.2 Å². The van der Waals surface area contributed by atoms with Crippen LogP contribution in [0.15, 0.2) is 72.8 Å². The van der Waals surface area contributed by atoms with Crippen LogP contribution in [0.2, 0.25) is 10.0 Å². The van der Waals surface area contributed by atoms with Crippen molar-refractivity contribution in [3.63, 3.8) is 0 Å². The van der Waals surface area contributed by atoms with Gasteiger partial charge < -0.3 is 0 Å². The molecule has 0 unspecified atom stereocenters. The van der Waals surface area contributed by atoms with Crippen molar-refractivity contribution in [3.8, 4) is 0 Å². The summed E-state index contributed by atoms with van der Waals surface area (Å²) in [6, 6.07) is 21.8. The highest BCUT2D eigenvalue weighted by molar-refractivity contribution is 6.31. The maximum absolute atomic E-state index is 6.39. The molecule has 0 radical (unpaired) electrons. The van der Waals surface area contributed by atoms with Gasteiger partial charge in [-0.25, -0.2) is 21.7 Å². The van der Waals surface area contributed by atoms with Crippen molar-refractivity contribution in [1.29, 1.82) is 0 Å². The molecule has 0 fully saturated rings. The van der Waals surface area contributed by atoms with E-state index in [4.69, 9.17) is 44.9 Å². The van der Waals surface area contributed by atoms with Crippen LogP contribution < -0.4 is 21.7 Å². The Kier molecular flexibility index (Phi) is 5.02. The number of aromatic nitrogens is 2. The summed E-state index contributed by atoms with van der Waals surface area (Å²) < 4.78 is 0. The number of anilines is 4. The molecule has 0 atom stereocenters. The molecule has 4 N–H and O–H groups in total. The smallest absolute Gasteiger partial charge is 0.193 e. The summed E-state index contributed by atoms with van der Waals surface area (Å²) in [5.74, 6) is 13.5. The largest absolute Gasteiger partial charge is 0.259 e. The summed E-state index contributed by atoms with van der Waals surface area (Å²) in [5.41, 5.74) is 2.69. The van der Waals surface area contributed by atoms with E-state index < -0.39 is 0 Å². The zero-order chi connectivity index (χ0) is 19.7. The van der Waals surface area contributed by atoms with E-state index in [1.54, 1.807) is 24.3 Å². The molecule has 8 heteroatoms. The molecule has 0 spiro atoms. The normalized spacial score (nSPS) is 10.9.